The highest BCUT2D eigenvalue weighted by Gasteiger charge is 2.35. The highest BCUT2D eigenvalue weighted by Crippen LogP contribution is 2.49. The van der Waals surface area contributed by atoms with Gasteiger partial charge in [-0.1, -0.05) is 137 Å². The summed E-state index contributed by atoms with van der Waals surface area (Å²) in [6, 6.07) is 40.7. The molecule has 0 saturated heterocycles. The summed E-state index contributed by atoms with van der Waals surface area (Å²) in [6.07, 6.45) is 6.07. The fourth-order valence-corrected chi connectivity index (χ4v) is 7.76. The first-order valence-electron chi connectivity index (χ1n) is 15.5. The van der Waals surface area contributed by atoms with Gasteiger partial charge in [-0.05, 0) is 89.3 Å². The lowest BCUT2D eigenvalue weighted by atomic mass is 9.73. The van der Waals surface area contributed by atoms with Crippen molar-refractivity contribution in [2.75, 3.05) is 11.9 Å². The summed E-state index contributed by atoms with van der Waals surface area (Å²) in [7, 11) is 2.22. The molecule has 6 aromatic carbocycles. The zero-order chi connectivity index (χ0) is 29.5. The molecular weight excluding hydrogens is 518 g/mol. The zero-order valence-electron chi connectivity index (χ0n) is 25.7. The Kier molecular flexibility index (Phi) is 5.56. The van der Waals surface area contributed by atoms with Gasteiger partial charge in [0.25, 0.3) is 0 Å². The summed E-state index contributed by atoms with van der Waals surface area (Å²) in [5.41, 5.74) is 10.6. The average molecular weight is 556 g/mol. The molecule has 0 fully saturated rings. The van der Waals surface area contributed by atoms with Gasteiger partial charge in [0, 0.05) is 23.8 Å². The van der Waals surface area contributed by atoms with E-state index in [1.165, 1.54) is 76.7 Å². The third-order valence-corrected chi connectivity index (χ3v) is 9.98. The van der Waals surface area contributed by atoms with Gasteiger partial charge in [-0.2, -0.15) is 0 Å². The van der Waals surface area contributed by atoms with Crippen molar-refractivity contribution >= 4 is 45.1 Å². The van der Waals surface area contributed by atoms with Crippen LogP contribution in [-0.2, 0) is 5.41 Å². The number of nitrogens with zero attached hydrogens (tertiary/aromatic N) is 1. The van der Waals surface area contributed by atoms with Crippen molar-refractivity contribution in [3.8, 4) is 22.3 Å². The Labute approximate surface area is 254 Å². The molecule has 1 aliphatic carbocycles. The van der Waals surface area contributed by atoms with Gasteiger partial charge in [-0.3, -0.25) is 0 Å². The van der Waals surface area contributed by atoms with Crippen molar-refractivity contribution < 1.29 is 0 Å². The lowest BCUT2D eigenvalue weighted by Gasteiger charge is -2.40. The molecule has 1 heteroatoms. The molecule has 0 aromatic heterocycles. The molecule has 1 heterocycles. The predicted molar refractivity (Wildman–Crippen MR) is 186 cm³/mol. The molecule has 0 amide bonds. The fourth-order valence-electron chi connectivity index (χ4n) is 7.76. The van der Waals surface area contributed by atoms with E-state index in [9.17, 15) is 0 Å². The van der Waals surface area contributed by atoms with Crippen LogP contribution < -0.4 is 15.3 Å². The van der Waals surface area contributed by atoms with Crippen molar-refractivity contribution in [1.82, 2.24) is 0 Å². The molecule has 1 nitrogen and oxygen atoms in total. The van der Waals surface area contributed by atoms with Crippen LogP contribution in [0.5, 0.6) is 0 Å². The summed E-state index contributed by atoms with van der Waals surface area (Å²) in [4.78, 5) is 2.39. The standard InChI is InChI=1S/C42H37N/c1-41(2)24-23-33-34(26-41)39(28-21-22-36-38(25-28)43(5)37-20-11-10-19-35(37)42(36,3)4)31-16-8-9-17-32(31)40(33)30-18-12-14-27-13-6-7-15-29(27)30/h6-23,25-26H,24H2,1-5H3. The Morgan fingerprint density at radius 2 is 1.23 bits per heavy atom. The summed E-state index contributed by atoms with van der Waals surface area (Å²) in [5.74, 6) is 0. The van der Waals surface area contributed by atoms with Crippen LogP contribution in [0.15, 0.2) is 109 Å². The average Bonchev–Trinajstić information content (AvgIpc) is 3.02. The van der Waals surface area contributed by atoms with E-state index < -0.39 is 0 Å². The monoisotopic (exact) mass is 555 g/mol. The van der Waals surface area contributed by atoms with Gasteiger partial charge >= 0.3 is 0 Å². The summed E-state index contributed by atoms with van der Waals surface area (Å²) in [5, 5.41) is 7.93. The highest BCUT2D eigenvalue weighted by atomic mass is 15.1. The zero-order valence-corrected chi connectivity index (χ0v) is 25.7. The summed E-state index contributed by atoms with van der Waals surface area (Å²) >= 11 is 0. The van der Waals surface area contributed by atoms with E-state index in [4.69, 9.17) is 0 Å². The topological polar surface area (TPSA) is 3.24 Å². The van der Waals surface area contributed by atoms with Gasteiger partial charge in [-0.15, -0.1) is 0 Å². The first-order chi connectivity index (χ1) is 20.7. The smallest absolute Gasteiger partial charge is 0.0455 e. The minimum atomic E-state index is -0.0709. The molecule has 0 radical (unpaired) electrons. The molecule has 0 bridgehead atoms. The Balaban J connectivity index is 1.48. The largest absolute Gasteiger partial charge is 0.344 e. The van der Waals surface area contributed by atoms with Crippen LogP contribution in [0.25, 0.3) is 56.0 Å². The molecule has 0 spiro atoms. The Hall–Kier alpha value is -4.62. The first-order valence-corrected chi connectivity index (χ1v) is 15.5. The number of benzene rings is 6. The van der Waals surface area contributed by atoms with Gasteiger partial charge < -0.3 is 4.90 Å². The second kappa shape index (κ2) is 9.19. The number of hydrogen-bond acceptors (Lipinski definition) is 1. The van der Waals surface area contributed by atoms with E-state index in [1.54, 1.807) is 0 Å². The fraction of sp³-hybridized carbons (Fsp3) is 0.190. The minimum Gasteiger partial charge on any atom is -0.344 e. The van der Waals surface area contributed by atoms with Crippen molar-refractivity contribution in [3.63, 3.8) is 0 Å². The number of rotatable bonds is 2. The quantitative estimate of drug-likeness (QED) is 0.206. The first kappa shape index (κ1) is 26.0. The molecule has 0 N–H and O–H groups in total. The molecule has 43 heavy (non-hydrogen) atoms. The molecule has 0 atom stereocenters. The van der Waals surface area contributed by atoms with Crippen molar-refractivity contribution in [1.29, 1.82) is 0 Å². The molecule has 6 aromatic rings. The second-order valence-electron chi connectivity index (χ2n) is 13.6. The van der Waals surface area contributed by atoms with Crippen LogP contribution in [0.2, 0.25) is 0 Å². The van der Waals surface area contributed by atoms with Crippen molar-refractivity contribution in [3.05, 3.63) is 131 Å². The van der Waals surface area contributed by atoms with Gasteiger partial charge in [0.05, 0.1) is 0 Å². The Bertz CT molecular complexity index is 2230. The SMILES string of the molecule is CN1c2ccccc2C(C)(C)c2ccc(-c3c4c(c(-c5cccc6ccccc56)c5ccccc35)=CCC(C)(C)C=4)cc21. The van der Waals surface area contributed by atoms with Crippen LogP contribution in [-0.4, -0.2) is 7.05 Å². The van der Waals surface area contributed by atoms with Crippen LogP contribution in [0.1, 0.15) is 45.2 Å². The maximum atomic E-state index is 2.54. The van der Waals surface area contributed by atoms with Gasteiger partial charge in [-0.25, -0.2) is 0 Å². The molecule has 2 aliphatic rings. The summed E-state index contributed by atoms with van der Waals surface area (Å²) < 4.78 is 0. The van der Waals surface area contributed by atoms with Crippen molar-refractivity contribution in [2.45, 2.75) is 39.5 Å². The van der Waals surface area contributed by atoms with Crippen LogP contribution >= 0.6 is 0 Å². The Morgan fingerprint density at radius 1 is 0.581 bits per heavy atom. The third-order valence-electron chi connectivity index (χ3n) is 9.98. The van der Waals surface area contributed by atoms with Crippen molar-refractivity contribution in [2.24, 2.45) is 5.41 Å². The Morgan fingerprint density at radius 3 is 2.05 bits per heavy atom. The van der Waals surface area contributed by atoms with E-state index in [0.29, 0.717) is 0 Å². The second-order valence-corrected chi connectivity index (χ2v) is 13.6. The van der Waals surface area contributed by atoms with E-state index in [1.807, 2.05) is 0 Å². The molecular formula is C42H37N. The maximum Gasteiger partial charge on any atom is 0.0455 e. The molecule has 0 unspecified atom stereocenters. The number of hydrogen-bond donors (Lipinski definition) is 0. The van der Waals surface area contributed by atoms with Crippen LogP contribution in [0, 0.1) is 5.41 Å². The molecule has 1 aliphatic heterocycles. The van der Waals surface area contributed by atoms with E-state index >= 15 is 0 Å². The maximum absolute atomic E-state index is 2.54. The van der Waals surface area contributed by atoms with E-state index in [-0.39, 0.29) is 10.8 Å². The van der Waals surface area contributed by atoms with Crippen LogP contribution in [0.4, 0.5) is 11.4 Å². The lowest BCUT2D eigenvalue weighted by Crippen LogP contribution is -2.35. The molecule has 0 saturated carbocycles. The van der Waals surface area contributed by atoms with Gasteiger partial charge in [0.15, 0.2) is 0 Å². The minimum absolute atomic E-state index is 0.0709. The number of anilines is 2. The highest BCUT2D eigenvalue weighted by molar-refractivity contribution is 6.10. The predicted octanol–water partition coefficient (Wildman–Crippen LogP) is 9.73. The lowest BCUT2D eigenvalue weighted by molar-refractivity contribution is 0.535. The summed E-state index contributed by atoms with van der Waals surface area (Å²) in [6.45, 7) is 9.45. The normalized spacial score (nSPS) is 16.2. The van der Waals surface area contributed by atoms with Gasteiger partial charge in [0.2, 0.25) is 0 Å². The molecule has 8 rings (SSSR count). The number of para-hydroxylation sites is 1. The third kappa shape index (κ3) is 3.84. The van der Waals surface area contributed by atoms with E-state index in [0.717, 1.165) is 6.42 Å². The van der Waals surface area contributed by atoms with E-state index in [2.05, 4.69) is 161 Å². The number of fused-ring (bicyclic) bond motifs is 5. The van der Waals surface area contributed by atoms with Gasteiger partial charge in [0.1, 0.15) is 0 Å². The molecule has 210 valence electrons. The van der Waals surface area contributed by atoms with Crippen LogP contribution in [0.3, 0.4) is 0 Å².